The van der Waals surface area contributed by atoms with Crippen molar-refractivity contribution in [3.05, 3.63) is 63.1 Å². The summed E-state index contributed by atoms with van der Waals surface area (Å²) in [4.78, 5) is 16.0. The Morgan fingerprint density at radius 3 is 2.57 bits per heavy atom. The van der Waals surface area contributed by atoms with Crippen LogP contribution in [-0.2, 0) is 23.7 Å². The van der Waals surface area contributed by atoms with Gasteiger partial charge in [0.1, 0.15) is 22.2 Å². The number of hydrogen-bond acceptors (Lipinski definition) is 5. The number of halogens is 2. The molecule has 1 atom stereocenters. The Balaban J connectivity index is 1.85. The lowest BCUT2D eigenvalue weighted by Gasteiger charge is -2.35. The van der Waals surface area contributed by atoms with Crippen molar-refractivity contribution in [3.8, 4) is 17.2 Å². The Hall–Kier alpha value is -3.25. The fourth-order valence-electron chi connectivity index (χ4n) is 4.36. The van der Waals surface area contributed by atoms with E-state index in [-0.39, 0.29) is 11.6 Å². The maximum atomic E-state index is 14.6. The highest BCUT2D eigenvalue weighted by Crippen LogP contribution is 2.44. The molecule has 0 fully saturated rings. The normalized spacial score (nSPS) is 16.1. The van der Waals surface area contributed by atoms with E-state index in [0.29, 0.717) is 35.6 Å². The summed E-state index contributed by atoms with van der Waals surface area (Å²) in [5.74, 6) is -3.44. The molecule has 0 unspecified atom stereocenters. The quantitative estimate of drug-likeness (QED) is 0.412. The van der Waals surface area contributed by atoms with Crippen molar-refractivity contribution in [1.29, 1.82) is 5.26 Å². The van der Waals surface area contributed by atoms with Gasteiger partial charge in [0, 0.05) is 42.6 Å². The molecule has 0 saturated heterocycles. The van der Waals surface area contributed by atoms with Gasteiger partial charge in [-0.3, -0.25) is 4.68 Å². The fraction of sp³-hybridized carbons (Fsp3) is 0.423. The van der Waals surface area contributed by atoms with Crippen LogP contribution in [0.2, 0.25) is 0 Å². The average molecular weight is 499 g/mol. The fourth-order valence-corrected chi connectivity index (χ4v) is 5.39. The van der Waals surface area contributed by atoms with Crippen molar-refractivity contribution in [1.82, 2.24) is 14.7 Å². The zero-order chi connectivity index (χ0) is 25.5. The first kappa shape index (κ1) is 24.9. The number of carbonyl (C=O) groups excluding carboxylic acids is 1. The molecule has 1 aliphatic heterocycles. The molecule has 0 N–H and O–H groups in total. The number of benzene rings is 1. The topological polar surface area (TPSA) is 71.2 Å². The summed E-state index contributed by atoms with van der Waals surface area (Å²) >= 11 is 1.34. The van der Waals surface area contributed by atoms with Crippen LogP contribution in [0.15, 0.2) is 36.5 Å². The minimum absolute atomic E-state index is 0.283. The summed E-state index contributed by atoms with van der Waals surface area (Å²) in [6, 6.07) is 11.4. The van der Waals surface area contributed by atoms with Gasteiger partial charge < -0.3 is 9.64 Å². The Bertz CT molecular complexity index is 1290. The lowest BCUT2D eigenvalue weighted by Crippen LogP contribution is -2.41. The van der Waals surface area contributed by atoms with Gasteiger partial charge in [0.25, 0.3) is 5.92 Å². The molecule has 0 bridgehead atoms. The third-order valence-corrected chi connectivity index (χ3v) is 6.88. The first-order valence-electron chi connectivity index (χ1n) is 11.5. The Morgan fingerprint density at radius 1 is 1.23 bits per heavy atom. The molecular weight excluding hydrogens is 470 g/mol. The predicted molar refractivity (Wildman–Crippen MR) is 130 cm³/mol. The summed E-state index contributed by atoms with van der Waals surface area (Å²) < 4.78 is 36.2. The van der Waals surface area contributed by atoms with Gasteiger partial charge in [0.15, 0.2) is 0 Å². The molecule has 3 aromatic rings. The molecule has 3 heterocycles. The zero-order valence-corrected chi connectivity index (χ0v) is 21.2. The number of aryl methyl sites for hydroxylation is 1. The average Bonchev–Trinajstić information content (AvgIpc) is 3.41. The molecule has 35 heavy (non-hydrogen) atoms. The molecule has 0 aliphatic carbocycles. The monoisotopic (exact) mass is 498 g/mol. The smallest absolute Gasteiger partial charge is 0.410 e. The number of rotatable bonds is 4. The second kappa shape index (κ2) is 9.08. The van der Waals surface area contributed by atoms with Crippen LogP contribution < -0.4 is 0 Å². The Labute approximate surface area is 207 Å². The highest BCUT2D eigenvalue weighted by molar-refractivity contribution is 7.12. The van der Waals surface area contributed by atoms with E-state index < -0.39 is 17.6 Å². The Morgan fingerprint density at radius 2 is 1.94 bits per heavy atom. The molecule has 2 aromatic heterocycles. The van der Waals surface area contributed by atoms with E-state index in [1.165, 1.54) is 16.0 Å². The summed E-state index contributed by atoms with van der Waals surface area (Å²) in [6.07, 6.45) is 1.20. The Kier molecular flexibility index (Phi) is 6.45. The lowest BCUT2D eigenvalue weighted by molar-refractivity contribution is 0.0127. The number of nitriles is 1. The maximum absolute atomic E-state index is 14.6. The van der Waals surface area contributed by atoms with Gasteiger partial charge >= 0.3 is 6.09 Å². The lowest BCUT2D eigenvalue weighted by atomic mass is 9.83. The number of alkyl halides is 2. The molecule has 0 saturated carbocycles. The molecule has 0 radical (unpaired) electrons. The van der Waals surface area contributed by atoms with Crippen LogP contribution in [0.1, 0.15) is 67.1 Å². The molecule has 1 aliphatic rings. The van der Waals surface area contributed by atoms with E-state index in [1.54, 1.807) is 11.1 Å². The van der Waals surface area contributed by atoms with Crippen LogP contribution in [0.3, 0.4) is 0 Å². The van der Waals surface area contributed by atoms with E-state index in [0.717, 1.165) is 22.9 Å². The molecule has 0 spiro atoms. The van der Waals surface area contributed by atoms with E-state index in [9.17, 15) is 18.8 Å². The number of amides is 1. The number of nitrogens with zero attached hydrogens (tertiary/aromatic N) is 4. The summed E-state index contributed by atoms with van der Waals surface area (Å²) in [7, 11) is 0. The predicted octanol–water partition coefficient (Wildman–Crippen LogP) is 6.50. The van der Waals surface area contributed by atoms with E-state index in [1.807, 2.05) is 58.0 Å². The van der Waals surface area contributed by atoms with Gasteiger partial charge in [0.05, 0.1) is 6.54 Å². The van der Waals surface area contributed by atoms with Crippen molar-refractivity contribution >= 4 is 17.4 Å². The van der Waals surface area contributed by atoms with E-state index >= 15 is 0 Å². The minimum atomic E-state index is -3.13. The largest absolute Gasteiger partial charge is 0.444 e. The zero-order valence-electron chi connectivity index (χ0n) is 20.4. The van der Waals surface area contributed by atoms with Crippen LogP contribution in [-0.4, -0.2) is 32.9 Å². The molecular formula is C26H28F2N4O2S. The molecule has 9 heteroatoms. The van der Waals surface area contributed by atoms with Crippen molar-refractivity contribution in [2.75, 3.05) is 6.54 Å². The number of hydrogen-bond donors (Lipinski definition) is 0. The second-order valence-corrected chi connectivity index (χ2v) is 10.9. The highest BCUT2D eigenvalue weighted by atomic mass is 32.1. The third-order valence-electron chi connectivity index (χ3n) is 5.84. The van der Waals surface area contributed by atoms with Crippen LogP contribution in [0.4, 0.5) is 13.6 Å². The third kappa shape index (κ3) is 5.08. The van der Waals surface area contributed by atoms with Gasteiger partial charge in [-0.2, -0.15) is 19.1 Å². The first-order chi connectivity index (χ1) is 16.4. The minimum Gasteiger partial charge on any atom is -0.444 e. The van der Waals surface area contributed by atoms with Gasteiger partial charge in [0.2, 0.25) is 0 Å². The van der Waals surface area contributed by atoms with Crippen molar-refractivity contribution in [2.24, 2.45) is 0 Å². The van der Waals surface area contributed by atoms with E-state index in [4.69, 9.17) is 4.74 Å². The summed E-state index contributed by atoms with van der Waals surface area (Å²) in [5.41, 5.74) is 1.79. The number of carbonyl (C=O) groups is 1. The number of fused-ring (bicyclic) bond motifs is 1. The number of thiophene rings is 1. The SMILES string of the molecule is CCn1cc(-c2ccccc2[C@@H]2CN(C(=O)OC(C)(C)C)Cc3sc(C#N)cc32)c(C(C)(F)F)n1. The maximum Gasteiger partial charge on any atom is 0.410 e. The van der Waals surface area contributed by atoms with E-state index in [2.05, 4.69) is 11.2 Å². The highest BCUT2D eigenvalue weighted by Gasteiger charge is 2.37. The standard InChI is InChI=1S/C26H28F2N4O2S/c1-6-32-14-21(23(30-32)26(5,27)28)18-10-8-7-9-17(18)20-13-31(24(33)34-25(2,3)4)15-22-19(20)11-16(12-29)35-22/h7-11,14,20H,6,13,15H2,1-5H3/t20-/m0/s1. The van der Waals surface area contributed by atoms with Gasteiger partial charge in [-0.25, -0.2) is 4.79 Å². The molecule has 6 nitrogen and oxygen atoms in total. The molecule has 4 rings (SSSR count). The first-order valence-corrected chi connectivity index (χ1v) is 12.3. The molecule has 184 valence electrons. The number of aromatic nitrogens is 2. The second-order valence-electron chi connectivity index (χ2n) is 9.74. The molecule has 1 amide bonds. The summed E-state index contributed by atoms with van der Waals surface area (Å²) in [5, 5.41) is 13.7. The van der Waals surface area contributed by atoms with Crippen LogP contribution in [0.5, 0.6) is 0 Å². The van der Waals surface area contributed by atoms with Crippen LogP contribution in [0, 0.1) is 11.3 Å². The van der Waals surface area contributed by atoms with Crippen molar-refractivity contribution in [2.45, 2.75) is 65.1 Å². The van der Waals surface area contributed by atoms with Gasteiger partial charge in [-0.15, -0.1) is 11.3 Å². The number of ether oxygens (including phenoxy) is 1. The van der Waals surface area contributed by atoms with Crippen molar-refractivity contribution in [3.63, 3.8) is 0 Å². The van der Waals surface area contributed by atoms with Crippen molar-refractivity contribution < 1.29 is 18.3 Å². The summed E-state index contributed by atoms with van der Waals surface area (Å²) in [6.45, 7) is 9.23. The molecule has 1 aromatic carbocycles. The van der Waals surface area contributed by atoms with Gasteiger partial charge in [-0.1, -0.05) is 24.3 Å². The van der Waals surface area contributed by atoms with Crippen LogP contribution in [0.25, 0.3) is 11.1 Å². The van der Waals surface area contributed by atoms with Crippen LogP contribution >= 0.6 is 11.3 Å². The van der Waals surface area contributed by atoms with Gasteiger partial charge in [-0.05, 0) is 50.5 Å².